The molecule has 0 radical (unpaired) electrons. The number of fused-ring (bicyclic) bond motifs is 8. The molecule has 1 aliphatic carbocycles. The van der Waals surface area contributed by atoms with E-state index in [0.717, 1.165) is 18.5 Å². The normalized spacial score (nSPS) is 14.7. The summed E-state index contributed by atoms with van der Waals surface area (Å²) >= 11 is 0. The molecule has 0 amide bonds. The molecular formula is C21H20N2. The molecule has 0 fully saturated rings. The summed E-state index contributed by atoms with van der Waals surface area (Å²) in [7, 11) is 0. The number of aromatic nitrogens is 2. The Kier molecular flexibility index (Phi) is 2.61. The number of pyridine rings is 1. The average Bonchev–Trinajstić information content (AvgIpc) is 2.94. The maximum atomic E-state index is 5.05. The number of benzene rings is 2. The minimum absolute atomic E-state index is 1.12. The molecule has 5 rings (SSSR count). The molecule has 2 heterocycles. The van der Waals surface area contributed by atoms with Gasteiger partial charge in [0.15, 0.2) is 0 Å². The number of hydrogen-bond donors (Lipinski definition) is 0. The minimum atomic E-state index is 1.12. The van der Waals surface area contributed by atoms with Crippen LogP contribution in [-0.2, 0) is 12.8 Å². The maximum absolute atomic E-state index is 5.05. The topological polar surface area (TPSA) is 17.3 Å². The van der Waals surface area contributed by atoms with Crippen LogP contribution in [-0.4, -0.2) is 9.38 Å². The summed E-state index contributed by atoms with van der Waals surface area (Å²) < 4.78 is 2.44. The lowest BCUT2D eigenvalue weighted by Crippen LogP contribution is -2.04. The summed E-state index contributed by atoms with van der Waals surface area (Å²) in [5.74, 6) is 0. The van der Waals surface area contributed by atoms with Crippen molar-refractivity contribution >= 4 is 27.3 Å². The third-order valence-corrected chi connectivity index (χ3v) is 5.23. The molecule has 0 aliphatic heterocycles. The van der Waals surface area contributed by atoms with Gasteiger partial charge in [-0.1, -0.05) is 35.9 Å². The van der Waals surface area contributed by atoms with Crippen molar-refractivity contribution in [2.45, 2.75) is 39.5 Å². The van der Waals surface area contributed by atoms with E-state index in [1.807, 2.05) is 0 Å². The lowest BCUT2D eigenvalue weighted by Gasteiger charge is -2.14. The second kappa shape index (κ2) is 4.58. The molecule has 0 saturated carbocycles. The molecular weight excluding hydrogens is 280 g/mol. The average molecular weight is 300 g/mol. The van der Waals surface area contributed by atoms with Gasteiger partial charge in [-0.05, 0) is 56.5 Å². The molecule has 0 N–H and O–H groups in total. The van der Waals surface area contributed by atoms with Crippen molar-refractivity contribution in [3.05, 3.63) is 58.9 Å². The van der Waals surface area contributed by atoms with E-state index in [-0.39, 0.29) is 0 Å². The van der Waals surface area contributed by atoms with Crippen LogP contribution in [0.2, 0.25) is 0 Å². The molecule has 0 unspecified atom stereocenters. The van der Waals surface area contributed by atoms with Crippen molar-refractivity contribution in [2.75, 3.05) is 0 Å². The zero-order valence-electron chi connectivity index (χ0n) is 13.7. The Morgan fingerprint density at radius 1 is 0.826 bits per heavy atom. The molecule has 2 aromatic carbocycles. The highest BCUT2D eigenvalue weighted by Gasteiger charge is 2.20. The smallest absolute Gasteiger partial charge is 0.145 e. The zero-order valence-corrected chi connectivity index (χ0v) is 13.7. The van der Waals surface area contributed by atoms with Gasteiger partial charge in [-0.15, -0.1) is 0 Å². The fourth-order valence-electron chi connectivity index (χ4n) is 4.11. The van der Waals surface area contributed by atoms with Crippen LogP contribution >= 0.6 is 0 Å². The molecule has 0 bridgehead atoms. The number of rotatable bonds is 0. The number of aryl methyl sites for hydroxylation is 4. The van der Waals surface area contributed by atoms with Crippen LogP contribution in [0.1, 0.15) is 35.4 Å². The van der Waals surface area contributed by atoms with Crippen LogP contribution in [0.25, 0.3) is 27.3 Å². The summed E-state index contributed by atoms with van der Waals surface area (Å²) in [6.45, 7) is 4.34. The predicted molar refractivity (Wildman–Crippen MR) is 96.3 cm³/mol. The summed E-state index contributed by atoms with van der Waals surface area (Å²) in [6.07, 6.45) is 4.82. The summed E-state index contributed by atoms with van der Waals surface area (Å²) in [6, 6.07) is 13.6. The second-order valence-corrected chi connectivity index (χ2v) is 6.94. The molecule has 2 aromatic heterocycles. The van der Waals surface area contributed by atoms with Crippen molar-refractivity contribution in [1.29, 1.82) is 0 Å². The molecule has 0 atom stereocenters. The van der Waals surface area contributed by atoms with Crippen molar-refractivity contribution in [3.8, 4) is 0 Å². The van der Waals surface area contributed by atoms with Crippen LogP contribution < -0.4 is 0 Å². The summed E-state index contributed by atoms with van der Waals surface area (Å²) in [4.78, 5) is 5.05. The largest absolute Gasteiger partial charge is 0.296 e. The Balaban J connectivity index is 2.10. The maximum Gasteiger partial charge on any atom is 0.145 e. The fraction of sp³-hybridized carbons (Fsp3) is 0.286. The van der Waals surface area contributed by atoms with Crippen molar-refractivity contribution in [2.24, 2.45) is 0 Å². The lowest BCUT2D eigenvalue weighted by molar-refractivity contribution is 0.662. The first-order valence-electron chi connectivity index (χ1n) is 8.55. The van der Waals surface area contributed by atoms with Gasteiger partial charge < -0.3 is 0 Å². The van der Waals surface area contributed by atoms with Gasteiger partial charge in [-0.3, -0.25) is 4.40 Å². The van der Waals surface area contributed by atoms with E-state index in [9.17, 15) is 0 Å². The fourth-order valence-corrected chi connectivity index (χ4v) is 4.11. The highest BCUT2D eigenvalue weighted by Crippen LogP contribution is 2.34. The first kappa shape index (κ1) is 13.1. The first-order valence-corrected chi connectivity index (χ1v) is 8.55. The lowest BCUT2D eigenvalue weighted by atomic mass is 10.00. The van der Waals surface area contributed by atoms with Gasteiger partial charge in [-0.2, -0.15) is 0 Å². The molecule has 2 heteroatoms. The van der Waals surface area contributed by atoms with E-state index in [1.54, 1.807) is 0 Å². The summed E-state index contributed by atoms with van der Waals surface area (Å²) in [5.41, 5.74) is 7.82. The Hall–Kier alpha value is -2.35. The number of imidazole rings is 1. The van der Waals surface area contributed by atoms with E-state index in [0.29, 0.717) is 0 Å². The Labute approximate surface area is 135 Å². The van der Waals surface area contributed by atoms with E-state index < -0.39 is 0 Å². The molecule has 0 saturated heterocycles. The monoisotopic (exact) mass is 300 g/mol. The highest BCUT2D eigenvalue weighted by molar-refractivity contribution is 6.12. The van der Waals surface area contributed by atoms with Gasteiger partial charge in [0.2, 0.25) is 0 Å². The van der Waals surface area contributed by atoms with Crippen LogP contribution in [0, 0.1) is 13.8 Å². The van der Waals surface area contributed by atoms with Gasteiger partial charge in [0, 0.05) is 16.5 Å². The third-order valence-electron chi connectivity index (χ3n) is 5.23. The predicted octanol–water partition coefficient (Wildman–Crippen LogP) is 5.14. The zero-order chi connectivity index (χ0) is 15.6. The van der Waals surface area contributed by atoms with Gasteiger partial charge in [0.1, 0.15) is 5.65 Å². The van der Waals surface area contributed by atoms with E-state index in [4.69, 9.17) is 4.98 Å². The van der Waals surface area contributed by atoms with E-state index >= 15 is 0 Å². The van der Waals surface area contributed by atoms with Crippen LogP contribution in [0.4, 0.5) is 0 Å². The molecule has 2 nitrogen and oxygen atoms in total. The molecule has 23 heavy (non-hydrogen) atoms. The molecule has 114 valence electrons. The van der Waals surface area contributed by atoms with E-state index in [2.05, 4.69) is 54.6 Å². The Morgan fingerprint density at radius 3 is 2.43 bits per heavy atom. The molecule has 0 spiro atoms. The van der Waals surface area contributed by atoms with Crippen molar-refractivity contribution < 1.29 is 0 Å². The van der Waals surface area contributed by atoms with Crippen molar-refractivity contribution in [3.63, 3.8) is 0 Å². The van der Waals surface area contributed by atoms with Gasteiger partial charge >= 0.3 is 0 Å². The van der Waals surface area contributed by atoms with Gasteiger partial charge in [0.05, 0.1) is 11.2 Å². The molecule has 4 aromatic rings. The quantitative estimate of drug-likeness (QED) is 0.411. The SMILES string of the molecule is Cc1ccc2c(c1)c1ccc(C)cc1n1c3c(nc21)CCCC3. The Morgan fingerprint density at radius 2 is 1.57 bits per heavy atom. The van der Waals surface area contributed by atoms with Crippen LogP contribution in [0.5, 0.6) is 0 Å². The van der Waals surface area contributed by atoms with E-state index in [1.165, 1.54) is 57.0 Å². The van der Waals surface area contributed by atoms with Crippen LogP contribution in [0.3, 0.4) is 0 Å². The molecule has 1 aliphatic rings. The highest BCUT2D eigenvalue weighted by atomic mass is 15.0. The Bertz CT molecular complexity index is 1090. The number of hydrogen-bond acceptors (Lipinski definition) is 1. The first-order chi connectivity index (χ1) is 11.2. The summed E-state index contributed by atoms with van der Waals surface area (Å²) in [5, 5.41) is 3.95. The van der Waals surface area contributed by atoms with Gasteiger partial charge in [0.25, 0.3) is 0 Å². The minimum Gasteiger partial charge on any atom is -0.296 e. The second-order valence-electron chi connectivity index (χ2n) is 6.94. The third kappa shape index (κ3) is 1.78. The van der Waals surface area contributed by atoms with Gasteiger partial charge in [-0.25, -0.2) is 4.98 Å². The van der Waals surface area contributed by atoms with Crippen LogP contribution in [0.15, 0.2) is 36.4 Å². The standard InChI is InChI=1S/C21H20N2/c1-13-8-10-16-17(11-13)15-9-7-14(2)12-20(15)23-19-6-4-3-5-18(19)22-21(16)23/h7-12H,3-6H2,1-2H3. The number of nitrogens with zero attached hydrogens (tertiary/aromatic N) is 2. The van der Waals surface area contributed by atoms with Crippen molar-refractivity contribution in [1.82, 2.24) is 9.38 Å².